The quantitative estimate of drug-likeness (QED) is 0.447. The van der Waals surface area contributed by atoms with Crippen LogP contribution in [-0.4, -0.2) is 25.9 Å². The molecule has 0 fully saturated rings. The second kappa shape index (κ2) is 7.10. The van der Waals surface area contributed by atoms with E-state index in [2.05, 4.69) is 6.92 Å². The molecule has 5 heteroatoms. The number of rotatable bonds is 7. The van der Waals surface area contributed by atoms with Gasteiger partial charge in [0.05, 0.1) is 0 Å². The summed E-state index contributed by atoms with van der Waals surface area (Å²) in [5.41, 5.74) is 0.0825. The van der Waals surface area contributed by atoms with E-state index in [4.69, 9.17) is 14.7 Å². The van der Waals surface area contributed by atoms with E-state index in [1.165, 1.54) is 31.0 Å². The van der Waals surface area contributed by atoms with Crippen LogP contribution < -0.4 is 0 Å². The van der Waals surface area contributed by atoms with E-state index in [0.29, 0.717) is 0 Å². The SMILES string of the molecule is CCCCCCSC[P+](O)(O)O. The Hall–Kier alpha value is 0.660. The first-order valence-electron chi connectivity index (χ1n) is 4.20. The summed E-state index contributed by atoms with van der Waals surface area (Å²) in [5, 5.41) is 0. The largest absolute Gasteiger partial charge is 0.414 e. The van der Waals surface area contributed by atoms with Gasteiger partial charge in [-0.15, -0.1) is 11.8 Å². The fraction of sp³-hybridized carbons (Fsp3) is 1.00. The predicted molar refractivity (Wildman–Crippen MR) is 55.0 cm³/mol. The van der Waals surface area contributed by atoms with Crippen LogP contribution in [0.1, 0.15) is 32.6 Å². The van der Waals surface area contributed by atoms with Crippen molar-refractivity contribution in [3.63, 3.8) is 0 Å². The van der Waals surface area contributed by atoms with Gasteiger partial charge in [0.25, 0.3) is 0 Å². The number of hydrogen-bond donors (Lipinski definition) is 3. The molecule has 0 unspecified atom stereocenters. The molecule has 0 saturated heterocycles. The summed E-state index contributed by atoms with van der Waals surface area (Å²) >= 11 is 1.41. The minimum absolute atomic E-state index is 0.0825. The van der Waals surface area contributed by atoms with Crippen molar-refractivity contribution >= 4 is 19.7 Å². The average Bonchev–Trinajstić information content (AvgIpc) is 1.94. The van der Waals surface area contributed by atoms with Crippen LogP contribution in [0.3, 0.4) is 0 Å². The Bertz CT molecular complexity index is 105. The lowest BCUT2D eigenvalue weighted by Crippen LogP contribution is -1.92. The molecule has 0 aliphatic rings. The molecule has 0 aromatic rings. The summed E-state index contributed by atoms with van der Waals surface area (Å²) in [6, 6.07) is 0. The van der Waals surface area contributed by atoms with Crippen molar-refractivity contribution < 1.29 is 14.7 Å². The highest BCUT2D eigenvalue weighted by atomic mass is 32.2. The molecule has 0 atom stereocenters. The molecule has 0 aliphatic carbocycles. The third kappa shape index (κ3) is 10.7. The summed E-state index contributed by atoms with van der Waals surface area (Å²) in [4.78, 5) is 25.9. The van der Waals surface area contributed by atoms with Crippen LogP contribution in [0.4, 0.5) is 0 Å². The van der Waals surface area contributed by atoms with Crippen LogP contribution in [0.2, 0.25) is 0 Å². The van der Waals surface area contributed by atoms with Crippen molar-refractivity contribution in [3.8, 4) is 0 Å². The molecule has 0 bridgehead atoms. The Morgan fingerprint density at radius 1 is 1.08 bits per heavy atom. The van der Waals surface area contributed by atoms with Crippen molar-refractivity contribution in [2.75, 3.05) is 11.2 Å². The third-order valence-electron chi connectivity index (χ3n) is 1.41. The summed E-state index contributed by atoms with van der Waals surface area (Å²) < 4.78 is 0. The second-order valence-electron chi connectivity index (χ2n) is 2.79. The van der Waals surface area contributed by atoms with Gasteiger partial charge in [-0.05, 0) is 12.2 Å². The maximum absolute atomic E-state index is 8.62. The molecule has 0 heterocycles. The zero-order valence-corrected chi connectivity index (χ0v) is 9.15. The van der Waals surface area contributed by atoms with Gasteiger partial charge in [0.2, 0.25) is 0 Å². The highest BCUT2D eigenvalue weighted by Gasteiger charge is 2.28. The molecule has 3 N–H and O–H groups in total. The predicted octanol–water partition coefficient (Wildman–Crippen LogP) is 2.00. The Kier molecular flexibility index (Phi) is 7.49. The summed E-state index contributed by atoms with van der Waals surface area (Å²) in [6.45, 7) is 2.15. The van der Waals surface area contributed by atoms with Crippen molar-refractivity contribution in [1.82, 2.24) is 0 Å². The average molecular weight is 213 g/mol. The summed E-state index contributed by atoms with van der Waals surface area (Å²) in [7, 11) is -3.51. The highest BCUT2D eigenvalue weighted by molar-refractivity contribution is 8.05. The van der Waals surface area contributed by atoms with E-state index >= 15 is 0 Å². The van der Waals surface area contributed by atoms with Gasteiger partial charge in [-0.25, -0.2) is 0 Å². The molecule has 12 heavy (non-hydrogen) atoms. The third-order valence-corrected chi connectivity index (χ3v) is 4.10. The monoisotopic (exact) mass is 213 g/mol. The molecule has 0 saturated carbocycles. The molecular weight excluding hydrogens is 195 g/mol. The molecule has 0 amide bonds. The lowest BCUT2D eigenvalue weighted by molar-refractivity contribution is 0.338. The number of thioether (sulfide) groups is 1. The van der Waals surface area contributed by atoms with Gasteiger partial charge in [-0.2, -0.15) is 14.7 Å². The summed E-state index contributed by atoms with van der Waals surface area (Å²) in [5.74, 6) is 0.906. The van der Waals surface area contributed by atoms with Gasteiger partial charge in [0.15, 0.2) is 5.49 Å². The zero-order chi connectivity index (χ0) is 9.45. The normalized spacial score (nSPS) is 12.0. The van der Waals surface area contributed by atoms with E-state index in [9.17, 15) is 0 Å². The zero-order valence-electron chi connectivity index (χ0n) is 7.44. The first kappa shape index (κ1) is 12.7. The molecular formula is C7H18O3PS+. The highest BCUT2D eigenvalue weighted by Crippen LogP contribution is 2.47. The molecule has 0 spiro atoms. The van der Waals surface area contributed by atoms with Crippen LogP contribution in [0.25, 0.3) is 0 Å². The molecule has 3 nitrogen and oxygen atoms in total. The minimum atomic E-state index is -3.51. The Balaban J connectivity index is 3.01. The van der Waals surface area contributed by atoms with Gasteiger partial charge in [-0.3, -0.25) is 0 Å². The standard InChI is InChI=1S/C7H18O3PS/c1-2-3-4-5-6-12-7-11(8,9)10/h8-10H,2-7H2,1H3/q+1. The van der Waals surface area contributed by atoms with Gasteiger partial charge in [-0.1, -0.05) is 26.2 Å². The van der Waals surface area contributed by atoms with Crippen LogP contribution in [-0.2, 0) is 0 Å². The van der Waals surface area contributed by atoms with Crippen molar-refractivity contribution in [2.45, 2.75) is 32.6 Å². The van der Waals surface area contributed by atoms with E-state index < -0.39 is 7.94 Å². The van der Waals surface area contributed by atoms with Gasteiger partial charge in [0.1, 0.15) is 0 Å². The van der Waals surface area contributed by atoms with Gasteiger partial charge < -0.3 is 0 Å². The van der Waals surface area contributed by atoms with Crippen LogP contribution in [0.15, 0.2) is 0 Å². The minimum Gasteiger partial charge on any atom is -0.192 e. The first-order chi connectivity index (χ1) is 5.56. The van der Waals surface area contributed by atoms with E-state index in [-0.39, 0.29) is 5.49 Å². The number of unbranched alkanes of at least 4 members (excludes halogenated alkanes) is 3. The van der Waals surface area contributed by atoms with Crippen molar-refractivity contribution in [3.05, 3.63) is 0 Å². The number of hydrogen-bond acceptors (Lipinski definition) is 4. The van der Waals surface area contributed by atoms with Crippen LogP contribution >= 0.6 is 19.7 Å². The van der Waals surface area contributed by atoms with E-state index in [1.807, 2.05) is 0 Å². The topological polar surface area (TPSA) is 60.7 Å². The molecule has 0 aliphatic heterocycles. The summed E-state index contributed by atoms with van der Waals surface area (Å²) in [6.07, 6.45) is 4.73. The molecule has 0 rings (SSSR count). The van der Waals surface area contributed by atoms with E-state index in [0.717, 1.165) is 12.2 Å². The Labute approximate surface area is 78.8 Å². The lowest BCUT2D eigenvalue weighted by Gasteiger charge is -2.02. The lowest BCUT2D eigenvalue weighted by atomic mass is 10.2. The molecule has 0 radical (unpaired) electrons. The molecule has 0 aromatic carbocycles. The van der Waals surface area contributed by atoms with Gasteiger partial charge in [0, 0.05) is 0 Å². The molecule has 74 valence electrons. The maximum Gasteiger partial charge on any atom is 0.414 e. The van der Waals surface area contributed by atoms with Crippen molar-refractivity contribution in [2.24, 2.45) is 0 Å². The fourth-order valence-electron chi connectivity index (χ4n) is 0.818. The second-order valence-corrected chi connectivity index (χ2v) is 6.03. The fourth-order valence-corrected chi connectivity index (χ4v) is 2.72. The van der Waals surface area contributed by atoms with E-state index in [1.54, 1.807) is 0 Å². The first-order valence-corrected chi connectivity index (χ1v) is 7.19. The van der Waals surface area contributed by atoms with Gasteiger partial charge >= 0.3 is 7.94 Å². The smallest absolute Gasteiger partial charge is 0.192 e. The van der Waals surface area contributed by atoms with Crippen LogP contribution in [0.5, 0.6) is 0 Å². The van der Waals surface area contributed by atoms with Crippen LogP contribution in [0, 0.1) is 0 Å². The maximum atomic E-state index is 8.62. The Morgan fingerprint density at radius 2 is 1.75 bits per heavy atom. The molecule has 0 aromatic heterocycles. The van der Waals surface area contributed by atoms with Crippen molar-refractivity contribution in [1.29, 1.82) is 0 Å². The Morgan fingerprint density at radius 3 is 2.25 bits per heavy atom.